The lowest BCUT2D eigenvalue weighted by atomic mass is 10.1. The van der Waals surface area contributed by atoms with Crippen LogP contribution in [-0.2, 0) is 22.7 Å². The van der Waals surface area contributed by atoms with Gasteiger partial charge in [-0.15, -0.1) is 0 Å². The van der Waals surface area contributed by atoms with Gasteiger partial charge in [-0.25, -0.2) is 0 Å². The minimum absolute atomic E-state index is 0.0128. The Morgan fingerprint density at radius 2 is 1.81 bits per heavy atom. The topological polar surface area (TPSA) is 55.9 Å². The summed E-state index contributed by atoms with van der Waals surface area (Å²) >= 11 is 3.50. The molecule has 7 heteroatoms. The fourth-order valence-corrected chi connectivity index (χ4v) is 4.72. The molecule has 2 fully saturated rings. The molecule has 1 unspecified atom stereocenters. The third-order valence-corrected chi connectivity index (χ3v) is 6.77. The SMILES string of the molecule is CN1CCN(Cc2cccc(CNC(=O)C3CC(=O)N(c4ccccc4Br)C3)c2)CC1. The number of benzene rings is 2. The smallest absolute Gasteiger partial charge is 0.227 e. The Balaban J connectivity index is 1.31. The molecule has 2 aliphatic rings. The van der Waals surface area contributed by atoms with E-state index in [9.17, 15) is 9.59 Å². The van der Waals surface area contributed by atoms with Gasteiger partial charge in [-0.05, 0) is 46.2 Å². The van der Waals surface area contributed by atoms with E-state index < -0.39 is 0 Å². The monoisotopic (exact) mass is 484 g/mol. The van der Waals surface area contributed by atoms with Gasteiger partial charge in [-0.1, -0.05) is 36.4 Å². The third kappa shape index (κ3) is 5.53. The lowest BCUT2D eigenvalue weighted by Crippen LogP contribution is -2.43. The van der Waals surface area contributed by atoms with E-state index in [0.29, 0.717) is 13.1 Å². The van der Waals surface area contributed by atoms with E-state index in [-0.39, 0.29) is 24.2 Å². The highest BCUT2D eigenvalue weighted by molar-refractivity contribution is 9.10. The van der Waals surface area contributed by atoms with E-state index in [2.05, 4.69) is 56.3 Å². The number of anilines is 1. The van der Waals surface area contributed by atoms with Crippen molar-refractivity contribution >= 4 is 33.4 Å². The van der Waals surface area contributed by atoms with Crippen LogP contribution in [0.4, 0.5) is 5.69 Å². The predicted molar refractivity (Wildman–Crippen MR) is 126 cm³/mol. The van der Waals surface area contributed by atoms with Crippen molar-refractivity contribution < 1.29 is 9.59 Å². The Morgan fingerprint density at radius 3 is 2.58 bits per heavy atom. The number of carbonyl (C=O) groups excluding carboxylic acids is 2. The summed E-state index contributed by atoms with van der Waals surface area (Å²) in [5, 5.41) is 3.03. The standard InChI is InChI=1S/C24H29BrN4O2/c1-27-9-11-28(12-10-27)16-19-6-4-5-18(13-19)15-26-24(31)20-14-23(30)29(17-20)22-8-3-2-7-21(22)25/h2-8,13,20H,9-12,14-17H2,1H3,(H,26,31). The lowest BCUT2D eigenvalue weighted by Gasteiger charge is -2.32. The first-order valence-electron chi connectivity index (χ1n) is 10.8. The molecule has 0 aromatic heterocycles. The molecule has 1 N–H and O–H groups in total. The zero-order chi connectivity index (χ0) is 21.8. The molecule has 2 amide bonds. The maximum atomic E-state index is 12.7. The number of nitrogens with zero attached hydrogens (tertiary/aromatic N) is 3. The number of nitrogens with one attached hydrogen (secondary N) is 1. The number of halogens is 1. The van der Waals surface area contributed by atoms with Crippen molar-refractivity contribution in [2.24, 2.45) is 5.92 Å². The molecule has 0 bridgehead atoms. The van der Waals surface area contributed by atoms with Gasteiger partial charge in [0.2, 0.25) is 11.8 Å². The summed E-state index contributed by atoms with van der Waals surface area (Å²) in [5.41, 5.74) is 3.18. The summed E-state index contributed by atoms with van der Waals surface area (Å²) < 4.78 is 0.863. The molecule has 1 atom stereocenters. The minimum atomic E-state index is -0.326. The first kappa shape index (κ1) is 22.0. The van der Waals surface area contributed by atoms with Crippen LogP contribution >= 0.6 is 15.9 Å². The van der Waals surface area contributed by atoms with Gasteiger partial charge in [0, 0.05) is 56.7 Å². The average Bonchev–Trinajstić information content (AvgIpc) is 3.16. The molecule has 2 aromatic rings. The highest BCUT2D eigenvalue weighted by Crippen LogP contribution is 2.31. The fraction of sp³-hybridized carbons (Fsp3) is 0.417. The molecule has 6 nitrogen and oxygen atoms in total. The summed E-state index contributed by atoms with van der Waals surface area (Å²) in [6.45, 7) is 6.21. The van der Waals surface area contributed by atoms with Crippen LogP contribution in [0, 0.1) is 5.92 Å². The second kappa shape index (κ2) is 9.94. The largest absolute Gasteiger partial charge is 0.352 e. The van der Waals surface area contributed by atoms with Gasteiger partial charge >= 0.3 is 0 Å². The predicted octanol–water partition coefficient (Wildman–Crippen LogP) is 2.87. The number of amides is 2. The molecule has 31 heavy (non-hydrogen) atoms. The number of hydrogen-bond donors (Lipinski definition) is 1. The zero-order valence-corrected chi connectivity index (χ0v) is 19.5. The molecule has 2 aromatic carbocycles. The van der Waals surface area contributed by atoms with Crippen LogP contribution in [0.15, 0.2) is 53.0 Å². The summed E-state index contributed by atoms with van der Waals surface area (Å²) in [6, 6.07) is 16.0. The number of likely N-dealkylation sites (N-methyl/N-ethyl adjacent to an activating group) is 1. The van der Waals surface area contributed by atoms with Crippen molar-refractivity contribution in [3.63, 3.8) is 0 Å². The normalized spacial score (nSPS) is 20.3. The summed E-state index contributed by atoms with van der Waals surface area (Å²) in [4.78, 5) is 31.8. The van der Waals surface area contributed by atoms with Crippen molar-refractivity contribution in [3.8, 4) is 0 Å². The molecular formula is C24H29BrN4O2. The Kier molecular flexibility index (Phi) is 7.05. The number of piperazine rings is 1. The third-order valence-electron chi connectivity index (χ3n) is 6.10. The van der Waals surface area contributed by atoms with Crippen molar-refractivity contribution in [3.05, 3.63) is 64.1 Å². The Labute approximate surface area is 192 Å². The average molecular weight is 485 g/mol. The summed E-state index contributed by atoms with van der Waals surface area (Å²) in [7, 11) is 2.16. The van der Waals surface area contributed by atoms with E-state index >= 15 is 0 Å². The van der Waals surface area contributed by atoms with Crippen LogP contribution in [0.1, 0.15) is 17.5 Å². The van der Waals surface area contributed by atoms with Gasteiger partial charge in [0.25, 0.3) is 0 Å². The van der Waals surface area contributed by atoms with Crippen molar-refractivity contribution in [2.75, 3.05) is 44.7 Å². The van der Waals surface area contributed by atoms with Crippen LogP contribution in [0.5, 0.6) is 0 Å². The first-order valence-corrected chi connectivity index (χ1v) is 11.6. The van der Waals surface area contributed by atoms with Crippen LogP contribution in [0.25, 0.3) is 0 Å². The second-order valence-corrected chi connectivity index (χ2v) is 9.33. The van der Waals surface area contributed by atoms with E-state index in [1.807, 2.05) is 30.3 Å². The number of para-hydroxylation sites is 1. The fourth-order valence-electron chi connectivity index (χ4n) is 4.22. The highest BCUT2D eigenvalue weighted by Gasteiger charge is 2.35. The molecule has 2 heterocycles. The molecule has 2 aliphatic heterocycles. The molecule has 164 valence electrons. The zero-order valence-electron chi connectivity index (χ0n) is 17.9. The maximum absolute atomic E-state index is 12.7. The van der Waals surface area contributed by atoms with E-state index in [0.717, 1.165) is 48.4 Å². The number of carbonyl (C=O) groups is 2. The molecule has 0 aliphatic carbocycles. The molecule has 0 spiro atoms. The molecule has 4 rings (SSSR count). The summed E-state index contributed by atoms with van der Waals surface area (Å²) in [5.74, 6) is -0.401. The van der Waals surface area contributed by atoms with E-state index in [4.69, 9.17) is 0 Å². The van der Waals surface area contributed by atoms with Gasteiger partial charge in [0.15, 0.2) is 0 Å². The minimum Gasteiger partial charge on any atom is -0.352 e. The lowest BCUT2D eigenvalue weighted by molar-refractivity contribution is -0.126. The van der Waals surface area contributed by atoms with Crippen LogP contribution in [0.3, 0.4) is 0 Å². The van der Waals surface area contributed by atoms with E-state index in [1.54, 1.807) is 4.90 Å². The quantitative estimate of drug-likeness (QED) is 0.684. The Bertz CT molecular complexity index is 943. The number of rotatable bonds is 6. The van der Waals surface area contributed by atoms with Gasteiger partial charge in [0.05, 0.1) is 11.6 Å². The van der Waals surface area contributed by atoms with Gasteiger partial charge in [-0.2, -0.15) is 0 Å². The Morgan fingerprint density at radius 1 is 1.06 bits per heavy atom. The molecule has 0 radical (unpaired) electrons. The van der Waals surface area contributed by atoms with Gasteiger partial charge in [-0.3, -0.25) is 14.5 Å². The Hall–Kier alpha value is -2.22. The van der Waals surface area contributed by atoms with Gasteiger partial charge in [0.1, 0.15) is 0 Å². The van der Waals surface area contributed by atoms with Crippen LogP contribution in [-0.4, -0.2) is 61.4 Å². The maximum Gasteiger partial charge on any atom is 0.227 e. The van der Waals surface area contributed by atoms with Crippen molar-refractivity contribution in [1.29, 1.82) is 0 Å². The van der Waals surface area contributed by atoms with Crippen molar-refractivity contribution in [2.45, 2.75) is 19.5 Å². The first-order chi connectivity index (χ1) is 15.0. The number of hydrogen-bond acceptors (Lipinski definition) is 4. The van der Waals surface area contributed by atoms with Crippen molar-refractivity contribution in [1.82, 2.24) is 15.1 Å². The highest BCUT2D eigenvalue weighted by atomic mass is 79.9. The second-order valence-electron chi connectivity index (χ2n) is 8.47. The van der Waals surface area contributed by atoms with Crippen LogP contribution < -0.4 is 10.2 Å². The molecule has 0 saturated carbocycles. The van der Waals surface area contributed by atoms with E-state index in [1.165, 1.54) is 5.56 Å². The summed E-state index contributed by atoms with van der Waals surface area (Å²) in [6.07, 6.45) is 0.247. The van der Waals surface area contributed by atoms with Crippen LogP contribution in [0.2, 0.25) is 0 Å². The molecular weight excluding hydrogens is 456 g/mol. The molecule has 2 saturated heterocycles. The van der Waals surface area contributed by atoms with Gasteiger partial charge < -0.3 is 15.1 Å².